The summed E-state index contributed by atoms with van der Waals surface area (Å²) in [6, 6.07) is 0. The maximum absolute atomic E-state index is 12.4. The van der Waals surface area contributed by atoms with Crippen LogP contribution in [0.5, 0.6) is 0 Å². The van der Waals surface area contributed by atoms with Crippen molar-refractivity contribution in [3.05, 3.63) is 11.8 Å². The molecule has 1 saturated carbocycles. The Kier molecular flexibility index (Phi) is 2.83. The molecule has 0 unspecified atom stereocenters. The number of carbonyl (C=O) groups is 3. The molecule has 0 bridgehead atoms. The molecule has 2 aliphatic heterocycles. The molecular formula is C16H17BrO6. The van der Waals surface area contributed by atoms with Gasteiger partial charge in [0.25, 0.3) is 0 Å². The fraction of sp³-hybridized carbons (Fsp3) is 0.688. The first-order chi connectivity index (χ1) is 10.6. The fourth-order valence-electron chi connectivity index (χ4n) is 4.63. The maximum Gasteiger partial charge on any atom is 0.332 e. The van der Waals surface area contributed by atoms with Crippen molar-refractivity contribution >= 4 is 33.8 Å². The average Bonchev–Trinajstić information content (AvgIpc) is 3.00. The van der Waals surface area contributed by atoms with Gasteiger partial charge in [0.05, 0.1) is 17.9 Å². The zero-order chi connectivity index (χ0) is 16.8. The van der Waals surface area contributed by atoms with Crippen molar-refractivity contribution in [2.45, 2.75) is 49.6 Å². The Morgan fingerprint density at radius 2 is 2.09 bits per heavy atom. The maximum atomic E-state index is 12.4. The van der Waals surface area contributed by atoms with Crippen LogP contribution < -0.4 is 0 Å². The lowest BCUT2D eigenvalue weighted by molar-refractivity contribution is -0.154. The van der Waals surface area contributed by atoms with Crippen LogP contribution in [-0.4, -0.2) is 33.9 Å². The molecule has 2 heterocycles. The van der Waals surface area contributed by atoms with E-state index in [4.69, 9.17) is 14.2 Å². The molecule has 0 radical (unpaired) electrons. The fourth-order valence-corrected chi connectivity index (χ4v) is 5.70. The van der Waals surface area contributed by atoms with Crippen LogP contribution in [0, 0.1) is 17.3 Å². The summed E-state index contributed by atoms with van der Waals surface area (Å²) in [4.78, 5) is 36.1. The molecule has 0 N–H and O–H groups in total. The molecule has 0 aromatic carbocycles. The van der Waals surface area contributed by atoms with Gasteiger partial charge in [-0.05, 0) is 24.3 Å². The quantitative estimate of drug-likeness (QED) is 0.297. The Morgan fingerprint density at radius 3 is 2.74 bits per heavy atom. The highest BCUT2D eigenvalue weighted by Gasteiger charge is 2.80. The van der Waals surface area contributed by atoms with E-state index in [0.29, 0.717) is 18.6 Å². The minimum absolute atomic E-state index is 0.125. The summed E-state index contributed by atoms with van der Waals surface area (Å²) >= 11 is 3.49. The highest BCUT2D eigenvalue weighted by molar-refractivity contribution is 9.10. The van der Waals surface area contributed by atoms with Crippen LogP contribution in [0.2, 0.25) is 0 Å². The summed E-state index contributed by atoms with van der Waals surface area (Å²) in [7, 11) is 0. The van der Waals surface area contributed by atoms with E-state index in [1.165, 1.54) is 6.92 Å². The predicted molar refractivity (Wildman–Crippen MR) is 80.2 cm³/mol. The first-order valence-electron chi connectivity index (χ1n) is 7.64. The number of rotatable bonds is 1. The third kappa shape index (κ3) is 1.86. The number of alkyl halides is 1. The number of hydrogen-bond acceptors (Lipinski definition) is 6. The van der Waals surface area contributed by atoms with Crippen molar-refractivity contribution in [3.63, 3.8) is 0 Å². The van der Waals surface area contributed by atoms with Gasteiger partial charge >= 0.3 is 17.9 Å². The van der Waals surface area contributed by atoms with E-state index in [2.05, 4.69) is 15.9 Å². The largest absolute Gasteiger partial charge is 0.431 e. The molecular weight excluding hydrogens is 368 g/mol. The van der Waals surface area contributed by atoms with Crippen molar-refractivity contribution in [2.75, 3.05) is 0 Å². The van der Waals surface area contributed by atoms with Gasteiger partial charge in [-0.2, -0.15) is 0 Å². The third-order valence-electron chi connectivity index (χ3n) is 5.32. The summed E-state index contributed by atoms with van der Waals surface area (Å²) in [6.45, 7) is 5.39. The summed E-state index contributed by atoms with van der Waals surface area (Å²) < 4.78 is 15.1. The van der Waals surface area contributed by atoms with Crippen molar-refractivity contribution < 1.29 is 28.6 Å². The van der Waals surface area contributed by atoms with E-state index >= 15 is 0 Å². The second-order valence-corrected chi connectivity index (χ2v) is 8.88. The molecule has 2 saturated heterocycles. The van der Waals surface area contributed by atoms with Crippen LogP contribution in [0.25, 0.3) is 0 Å². The van der Waals surface area contributed by atoms with Gasteiger partial charge in [-0.3, -0.25) is 9.59 Å². The van der Waals surface area contributed by atoms with Crippen LogP contribution >= 0.6 is 15.9 Å². The standard InChI is InChI=1S/C16H17BrO6/c1-7(18)21-9-5-14(2,3)6-15-10(23-15)4-8-12(19)22-13(20)16(8,17)11(9)15/h5,8,10-11H,4,6H2,1-3H3/t8-,10-,11-,15-,16-/m0/s1. The smallest absolute Gasteiger partial charge is 0.332 e. The van der Waals surface area contributed by atoms with E-state index in [1.54, 1.807) is 0 Å². The normalized spacial score (nSPS) is 46.1. The summed E-state index contributed by atoms with van der Waals surface area (Å²) in [5.41, 5.74) is -0.828. The number of fused-ring (bicyclic) bond motifs is 2. The monoisotopic (exact) mass is 384 g/mol. The molecule has 5 atom stereocenters. The van der Waals surface area contributed by atoms with Crippen LogP contribution in [0.3, 0.4) is 0 Å². The number of cyclic esters (lactones) is 2. The number of halogens is 1. The first kappa shape index (κ1) is 15.3. The molecule has 3 fully saturated rings. The van der Waals surface area contributed by atoms with Crippen molar-refractivity contribution in [1.82, 2.24) is 0 Å². The number of ether oxygens (including phenoxy) is 3. The molecule has 4 rings (SSSR count). The Bertz CT molecular complexity index is 682. The minimum atomic E-state index is -1.23. The van der Waals surface area contributed by atoms with Crippen LogP contribution in [0.15, 0.2) is 11.8 Å². The second-order valence-electron chi connectivity index (χ2n) is 7.57. The number of hydrogen-bond donors (Lipinski definition) is 0. The lowest BCUT2D eigenvalue weighted by Gasteiger charge is -2.45. The van der Waals surface area contributed by atoms with Crippen LogP contribution in [0.4, 0.5) is 0 Å². The SMILES string of the molecule is CC(=O)OC1=CC(C)(C)C[C@]23O[C@H]2C[C@H]2C(=O)OC(=O)[C@@]2(Br)[C@@H]13. The van der Waals surface area contributed by atoms with E-state index in [-0.39, 0.29) is 11.5 Å². The Hall–Kier alpha value is -1.21. The molecule has 0 amide bonds. The number of allylic oxidation sites excluding steroid dienone is 1. The summed E-state index contributed by atoms with van der Waals surface area (Å²) in [5.74, 6) is -2.40. The van der Waals surface area contributed by atoms with Crippen LogP contribution in [0.1, 0.15) is 33.6 Å². The Labute approximate surface area is 141 Å². The zero-order valence-corrected chi connectivity index (χ0v) is 14.6. The lowest BCUT2D eigenvalue weighted by Crippen LogP contribution is -2.57. The van der Waals surface area contributed by atoms with Crippen molar-refractivity contribution in [2.24, 2.45) is 17.3 Å². The van der Waals surface area contributed by atoms with Crippen LogP contribution in [-0.2, 0) is 28.6 Å². The minimum Gasteiger partial charge on any atom is -0.431 e. The molecule has 0 aromatic rings. The van der Waals surface area contributed by atoms with Gasteiger partial charge in [0.15, 0.2) is 0 Å². The molecule has 6 nitrogen and oxygen atoms in total. The highest BCUT2D eigenvalue weighted by Crippen LogP contribution is 2.69. The van der Waals surface area contributed by atoms with Gasteiger partial charge in [-0.15, -0.1) is 0 Å². The van der Waals surface area contributed by atoms with E-state index < -0.39 is 39.7 Å². The lowest BCUT2D eigenvalue weighted by atomic mass is 9.59. The molecule has 2 aliphatic carbocycles. The highest BCUT2D eigenvalue weighted by atomic mass is 79.9. The molecule has 23 heavy (non-hydrogen) atoms. The third-order valence-corrected chi connectivity index (χ3v) is 6.65. The summed E-state index contributed by atoms with van der Waals surface area (Å²) in [6.07, 6.45) is 2.88. The predicted octanol–water partition coefficient (Wildman–Crippen LogP) is 1.85. The molecule has 7 heteroatoms. The number of carbonyl (C=O) groups excluding carboxylic acids is 3. The molecule has 0 aromatic heterocycles. The van der Waals surface area contributed by atoms with Gasteiger partial charge in [-0.25, -0.2) is 4.79 Å². The van der Waals surface area contributed by atoms with Gasteiger partial charge in [0.2, 0.25) is 0 Å². The van der Waals surface area contributed by atoms with Gasteiger partial charge < -0.3 is 14.2 Å². The van der Waals surface area contributed by atoms with Crippen molar-refractivity contribution in [1.29, 1.82) is 0 Å². The zero-order valence-electron chi connectivity index (χ0n) is 13.1. The van der Waals surface area contributed by atoms with Crippen molar-refractivity contribution in [3.8, 4) is 0 Å². The molecule has 1 spiro atoms. The number of epoxide rings is 1. The average molecular weight is 385 g/mol. The topological polar surface area (TPSA) is 82.2 Å². The van der Waals surface area contributed by atoms with Gasteiger partial charge in [-0.1, -0.05) is 29.8 Å². The van der Waals surface area contributed by atoms with Gasteiger partial charge in [0, 0.05) is 6.92 Å². The second kappa shape index (κ2) is 4.25. The van der Waals surface area contributed by atoms with E-state index in [0.717, 1.165) is 0 Å². The molecule has 4 aliphatic rings. The van der Waals surface area contributed by atoms with E-state index in [1.807, 2.05) is 19.9 Å². The first-order valence-corrected chi connectivity index (χ1v) is 8.43. The summed E-state index contributed by atoms with van der Waals surface area (Å²) in [5, 5.41) is 0. The van der Waals surface area contributed by atoms with Gasteiger partial charge in [0.1, 0.15) is 15.7 Å². The number of esters is 3. The van der Waals surface area contributed by atoms with E-state index in [9.17, 15) is 14.4 Å². The Balaban J connectivity index is 1.88. The molecule has 124 valence electrons. The Morgan fingerprint density at radius 1 is 1.39 bits per heavy atom.